The maximum Gasteiger partial charge on any atom is 0.254 e. The van der Waals surface area contributed by atoms with Crippen LogP contribution in [0.1, 0.15) is 27.7 Å². The lowest BCUT2D eigenvalue weighted by molar-refractivity contribution is 0.0239. The predicted molar refractivity (Wildman–Crippen MR) is 123 cm³/mol. The molecule has 1 amide bonds. The lowest BCUT2D eigenvalue weighted by Crippen LogP contribution is -2.68. The summed E-state index contributed by atoms with van der Waals surface area (Å²) >= 11 is 0. The standard InChI is InChI=1S/C23H26N4O5S/c1-25-18-10-16(32-2)4-5-17(18)20-21(25)19(11-28)27(22(29)15-6-8-24-9-7-15)14-23(20)12-26(13-23)33(3,30)31/h4-10,19,28H,11-14H2,1-3H3/t19-/m0/s1. The van der Waals surface area contributed by atoms with Gasteiger partial charge in [-0.15, -0.1) is 0 Å². The van der Waals surface area contributed by atoms with Gasteiger partial charge in [-0.3, -0.25) is 9.78 Å². The third-order valence-electron chi connectivity index (χ3n) is 6.94. The molecular formula is C23H26N4O5S. The van der Waals surface area contributed by atoms with Crippen LogP contribution < -0.4 is 4.74 Å². The van der Waals surface area contributed by atoms with Gasteiger partial charge in [-0.05, 0) is 29.8 Å². The van der Waals surface area contributed by atoms with Gasteiger partial charge in [-0.25, -0.2) is 12.7 Å². The smallest absolute Gasteiger partial charge is 0.254 e. The summed E-state index contributed by atoms with van der Waals surface area (Å²) in [4.78, 5) is 19.2. The van der Waals surface area contributed by atoms with Gasteiger partial charge in [0.2, 0.25) is 10.0 Å². The van der Waals surface area contributed by atoms with Crippen molar-refractivity contribution in [2.75, 3.05) is 39.6 Å². The normalized spacial score (nSPS) is 20.0. The number of pyridine rings is 1. The lowest BCUT2D eigenvalue weighted by atomic mass is 9.69. The van der Waals surface area contributed by atoms with E-state index in [1.165, 1.54) is 10.6 Å². The second-order valence-electron chi connectivity index (χ2n) is 8.88. The van der Waals surface area contributed by atoms with Gasteiger partial charge >= 0.3 is 0 Å². The van der Waals surface area contributed by atoms with Crippen molar-refractivity contribution in [1.82, 2.24) is 18.8 Å². The highest BCUT2D eigenvalue weighted by atomic mass is 32.2. The fourth-order valence-electron chi connectivity index (χ4n) is 5.35. The highest BCUT2D eigenvalue weighted by molar-refractivity contribution is 7.88. The number of sulfonamides is 1. The number of methoxy groups -OCH3 is 1. The summed E-state index contributed by atoms with van der Waals surface area (Å²) in [6.07, 6.45) is 4.32. The zero-order chi connectivity index (χ0) is 23.5. The van der Waals surface area contributed by atoms with Crippen LogP contribution in [0.15, 0.2) is 42.7 Å². The Morgan fingerprint density at radius 3 is 2.52 bits per heavy atom. The first kappa shape index (κ1) is 21.9. The molecule has 0 aliphatic carbocycles. The molecule has 2 aromatic heterocycles. The molecule has 9 nitrogen and oxygen atoms in total. The van der Waals surface area contributed by atoms with Crippen molar-refractivity contribution in [3.63, 3.8) is 0 Å². The van der Waals surface area contributed by atoms with Crippen LogP contribution >= 0.6 is 0 Å². The second-order valence-corrected chi connectivity index (χ2v) is 10.9. The second kappa shape index (κ2) is 7.54. The number of aryl methyl sites for hydroxylation is 1. The first-order chi connectivity index (χ1) is 15.7. The Morgan fingerprint density at radius 2 is 1.91 bits per heavy atom. The van der Waals surface area contributed by atoms with Gasteiger partial charge in [0.15, 0.2) is 0 Å². The SMILES string of the molecule is COc1ccc2c3c(n(C)c2c1)[C@H](CO)N(C(=O)c1ccncc1)CC31CN(S(C)(=O)=O)C1. The molecule has 0 saturated carbocycles. The van der Waals surface area contributed by atoms with E-state index in [9.17, 15) is 18.3 Å². The average molecular weight is 471 g/mol. The number of hydrogen-bond acceptors (Lipinski definition) is 6. The van der Waals surface area contributed by atoms with Crippen LogP contribution in [-0.2, 0) is 22.5 Å². The monoisotopic (exact) mass is 470 g/mol. The Labute approximate surface area is 192 Å². The fourth-order valence-corrected chi connectivity index (χ4v) is 6.32. The molecule has 0 unspecified atom stereocenters. The van der Waals surface area contributed by atoms with Crippen LogP contribution in [0.3, 0.4) is 0 Å². The topological polar surface area (TPSA) is 105 Å². The van der Waals surface area contributed by atoms with E-state index < -0.39 is 21.5 Å². The maximum absolute atomic E-state index is 13.5. The van der Waals surface area contributed by atoms with Gasteiger partial charge < -0.3 is 19.3 Å². The summed E-state index contributed by atoms with van der Waals surface area (Å²) in [7, 11) is 0.147. The summed E-state index contributed by atoms with van der Waals surface area (Å²) in [5.74, 6) is 0.480. The van der Waals surface area contributed by atoms with Gasteiger partial charge in [-0.1, -0.05) is 0 Å². The van der Waals surface area contributed by atoms with Crippen LogP contribution in [0, 0.1) is 0 Å². The molecule has 1 aromatic carbocycles. The molecule has 2 aliphatic rings. The van der Waals surface area contributed by atoms with Crippen LogP contribution in [0.4, 0.5) is 0 Å². The van der Waals surface area contributed by atoms with Gasteiger partial charge in [0.25, 0.3) is 5.91 Å². The molecule has 174 valence electrons. The molecule has 2 aliphatic heterocycles. The molecular weight excluding hydrogens is 444 g/mol. The number of fused-ring (bicyclic) bond motifs is 4. The Bertz CT molecular complexity index is 1350. The van der Waals surface area contributed by atoms with Crippen LogP contribution in [0.2, 0.25) is 0 Å². The molecule has 4 heterocycles. The molecule has 0 bridgehead atoms. The van der Waals surface area contributed by atoms with E-state index >= 15 is 0 Å². The van der Waals surface area contributed by atoms with Gasteiger partial charge in [0.05, 0.1) is 31.5 Å². The van der Waals surface area contributed by atoms with Crippen molar-refractivity contribution in [2.45, 2.75) is 11.5 Å². The van der Waals surface area contributed by atoms with Crippen LogP contribution in [-0.4, -0.2) is 77.8 Å². The zero-order valence-electron chi connectivity index (χ0n) is 18.7. The summed E-state index contributed by atoms with van der Waals surface area (Å²) < 4.78 is 33.3. The van der Waals surface area contributed by atoms with E-state index in [-0.39, 0.29) is 25.6 Å². The number of aliphatic hydroxyl groups is 1. The number of benzene rings is 1. The minimum Gasteiger partial charge on any atom is -0.497 e. The number of carbonyl (C=O) groups excluding carboxylic acids is 1. The van der Waals surface area contributed by atoms with Crippen LogP contribution in [0.25, 0.3) is 10.9 Å². The molecule has 1 atom stereocenters. The Balaban J connectivity index is 1.71. The third kappa shape index (κ3) is 3.24. The van der Waals surface area contributed by atoms with Crippen molar-refractivity contribution >= 4 is 26.8 Å². The number of rotatable bonds is 4. The predicted octanol–water partition coefficient (Wildman–Crippen LogP) is 1.28. The molecule has 33 heavy (non-hydrogen) atoms. The van der Waals surface area contributed by atoms with E-state index in [0.717, 1.165) is 22.2 Å². The number of aromatic nitrogens is 2. The zero-order valence-corrected chi connectivity index (χ0v) is 19.5. The maximum atomic E-state index is 13.5. The molecule has 1 saturated heterocycles. The minimum atomic E-state index is -3.36. The van der Waals surface area contributed by atoms with Crippen molar-refractivity contribution in [3.8, 4) is 5.75 Å². The Hall–Kier alpha value is -2.95. The van der Waals surface area contributed by atoms with E-state index in [1.807, 2.05) is 29.8 Å². The molecule has 1 fully saturated rings. The van der Waals surface area contributed by atoms with Crippen molar-refractivity contribution < 1.29 is 23.1 Å². The fraction of sp³-hybridized carbons (Fsp3) is 0.391. The van der Waals surface area contributed by atoms with E-state index in [1.54, 1.807) is 36.5 Å². The number of amides is 1. The molecule has 3 aromatic rings. The summed E-state index contributed by atoms with van der Waals surface area (Å²) in [6.45, 7) is 0.616. The summed E-state index contributed by atoms with van der Waals surface area (Å²) in [6, 6.07) is 8.52. The van der Waals surface area contributed by atoms with Crippen LogP contribution in [0.5, 0.6) is 5.75 Å². The van der Waals surface area contributed by atoms with Crippen molar-refractivity contribution in [2.24, 2.45) is 7.05 Å². The average Bonchev–Trinajstić information content (AvgIpc) is 3.08. The van der Waals surface area contributed by atoms with Gasteiger partial charge in [-0.2, -0.15) is 0 Å². The summed E-state index contributed by atoms with van der Waals surface area (Å²) in [5, 5.41) is 11.4. The first-order valence-corrected chi connectivity index (χ1v) is 12.5. The largest absolute Gasteiger partial charge is 0.497 e. The quantitative estimate of drug-likeness (QED) is 0.616. The number of nitrogens with zero attached hydrogens (tertiary/aromatic N) is 4. The molecule has 10 heteroatoms. The third-order valence-corrected chi connectivity index (χ3v) is 8.13. The first-order valence-electron chi connectivity index (χ1n) is 10.6. The number of carbonyl (C=O) groups is 1. The number of ether oxygens (including phenoxy) is 1. The van der Waals surface area contributed by atoms with E-state index in [4.69, 9.17) is 4.74 Å². The molecule has 5 rings (SSSR count). The molecule has 1 spiro atoms. The molecule has 0 radical (unpaired) electrons. The van der Waals surface area contributed by atoms with E-state index in [2.05, 4.69) is 4.98 Å². The number of hydrogen-bond donors (Lipinski definition) is 1. The Morgan fingerprint density at radius 1 is 1.21 bits per heavy atom. The van der Waals surface area contributed by atoms with Crippen molar-refractivity contribution in [1.29, 1.82) is 0 Å². The highest BCUT2D eigenvalue weighted by Gasteiger charge is 2.56. The molecule has 1 N–H and O–H groups in total. The van der Waals surface area contributed by atoms with Crippen molar-refractivity contribution in [3.05, 3.63) is 59.5 Å². The Kier molecular flexibility index (Phi) is 5.00. The highest BCUT2D eigenvalue weighted by Crippen LogP contribution is 2.50. The van der Waals surface area contributed by atoms with E-state index in [0.29, 0.717) is 17.9 Å². The van der Waals surface area contributed by atoms with Gasteiger partial charge in [0.1, 0.15) is 5.75 Å². The lowest BCUT2D eigenvalue weighted by Gasteiger charge is -2.55. The number of aliphatic hydroxyl groups excluding tert-OH is 1. The minimum absolute atomic E-state index is 0.220. The summed E-state index contributed by atoms with van der Waals surface area (Å²) in [5.41, 5.74) is 2.64. The van der Waals surface area contributed by atoms with Gasteiger partial charge in [0, 0.05) is 67.2 Å².